The summed E-state index contributed by atoms with van der Waals surface area (Å²) >= 11 is 0. The Kier molecular flexibility index (Phi) is 4.74. The fourth-order valence-corrected chi connectivity index (χ4v) is 5.90. The number of aromatic nitrogens is 2. The van der Waals surface area contributed by atoms with Gasteiger partial charge in [0.2, 0.25) is 0 Å². The molecule has 3 nitrogen and oxygen atoms in total. The van der Waals surface area contributed by atoms with E-state index in [-0.39, 0.29) is 0 Å². The number of nitrogens with zero attached hydrogens (tertiary/aromatic N) is 2. The van der Waals surface area contributed by atoms with Crippen molar-refractivity contribution < 1.29 is 4.74 Å². The molecule has 0 spiro atoms. The lowest BCUT2D eigenvalue weighted by Gasteiger charge is -2.22. The van der Waals surface area contributed by atoms with E-state index in [2.05, 4.69) is 121 Å². The lowest BCUT2D eigenvalue weighted by Crippen LogP contribution is -1.97. The summed E-state index contributed by atoms with van der Waals surface area (Å²) < 4.78 is 8.45. The molecule has 1 aliphatic rings. The van der Waals surface area contributed by atoms with Crippen LogP contribution in [0.4, 0.5) is 0 Å². The van der Waals surface area contributed by atoms with Gasteiger partial charge in [0.05, 0.1) is 11.0 Å². The normalized spacial score (nSPS) is 11.9. The van der Waals surface area contributed by atoms with E-state index in [0.29, 0.717) is 0 Å². The molecule has 7 aromatic rings. The highest BCUT2D eigenvalue weighted by atomic mass is 16.5. The quantitative estimate of drug-likeness (QED) is 0.241. The summed E-state index contributed by atoms with van der Waals surface area (Å²) in [5, 5.41) is 2.38. The van der Waals surface area contributed by atoms with Crippen LogP contribution in [-0.2, 0) is 7.05 Å². The van der Waals surface area contributed by atoms with Crippen LogP contribution in [0.3, 0.4) is 0 Å². The first-order valence-corrected chi connectivity index (χ1v) is 13.2. The summed E-state index contributed by atoms with van der Waals surface area (Å²) in [6.07, 6.45) is 0. The predicted molar refractivity (Wildman–Crippen MR) is 160 cm³/mol. The van der Waals surface area contributed by atoms with Gasteiger partial charge in [0.25, 0.3) is 0 Å². The maximum Gasteiger partial charge on any atom is 0.140 e. The van der Waals surface area contributed by atoms with E-state index >= 15 is 0 Å². The minimum Gasteiger partial charge on any atom is -0.456 e. The summed E-state index contributed by atoms with van der Waals surface area (Å²) in [6.45, 7) is 0. The molecule has 0 aliphatic carbocycles. The zero-order valence-corrected chi connectivity index (χ0v) is 21.4. The van der Waals surface area contributed by atoms with Gasteiger partial charge in [-0.05, 0) is 57.5 Å². The number of ether oxygens (including phenoxy) is 1. The van der Waals surface area contributed by atoms with E-state index in [1.54, 1.807) is 0 Å². The van der Waals surface area contributed by atoms with Crippen molar-refractivity contribution in [3.8, 4) is 56.3 Å². The Bertz CT molecular complexity index is 2040. The maximum atomic E-state index is 6.28. The third-order valence-corrected chi connectivity index (χ3v) is 7.84. The van der Waals surface area contributed by atoms with Crippen molar-refractivity contribution in [3.63, 3.8) is 0 Å². The summed E-state index contributed by atoms with van der Waals surface area (Å²) in [7, 11) is 2.08. The number of rotatable bonds is 3. The van der Waals surface area contributed by atoms with Crippen LogP contribution in [0.5, 0.6) is 11.5 Å². The van der Waals surface area contributed by atoms with Gasteiger partial charge in [0, 0.05) is 23.6 Å². The minimum absolute atomic E-state index is 0.912. The van der Waals surface area contributed by atoms with Crippen molar-refractivity contribution in [2.24, 2.45) is 7.05 Å². The first-order valence-electron chi connectivity index (χ1n) is 13.2. The molecule has 3 heteroatoms. The third kappa shape index (κ3) is 3.40. The molecule has 6 aromatic carbocycles. The first-order chi connectivity index (χ1) is 19.2. The second-order valence-electron chi connectivity index (χ2n) is 10.1. The lowest BCUT2D eigenvalue weighted by molar-refractivity contribution is 0.487. The highest BCUT2D eigenvalue weighted by Gasteiger charge is 2.21. The molecular weight excluding hydrogens is 476 g/mol. The van der Waals surface area contributed by atoms with Gasteiger partial charge in [-0.3, -0.25) is 0 Å². The molecule has 0 atom stereocenters. The predicted octanol–water partition coefficient (Wildman–Crippen LogP) is 9.50. The molecule has 39 heavy (non-hydrogen) atoms. The molecule has 0 saturated carbocycles. The van der Waals surface area contributed by atoms with E-state index in [1.807, 2.05) is 18.2 Å². The fraction of sp³-hybridized carbons (Fsp3) is 0.0278. The van der Waals surface area contributed by atoms with Gasteiger partial charge in [-0.1, -0.05) is 103 Å². The number of aryl methyl sites for hydroxylation is 1. The van der Waals surface area contributed by atoms with Gasteiger partial charge in [0.1, 0.15) is 17.3 Å². The van der Waals surface area contributed by atoms with Gasteiger partial charge in [0.15, 0.2) is 0 Å². The van der Waals surface area contributed by atoms with Crippen LogP contribution in [0.15, 0.2) is 127 Å². The molecule has 1 aromatic heterocycles. The summed E-state index contributed by atoms with van der Waals surface area (Å²) in [5.74, 6) is 2.81. The van der Waals surface area contributed by atoms with Crippen LogP contribution in [0.1, 0.15) is 0 Å². The topological polar surface area (TPSA) is 27.1 Å². The smallest absolute Gasteiger partial charge is 0.140 e. The molecule has 0 bridgehead atoms. The van der Waals surface area contributed by atoms with E-state index in [0.717, 1.165) is 45.0 Å². The van der Waals surface area contributed by atoms with Gasteiger partial charge >= 0.3 is 0 Å². The largest absolute Gasteiger partial charge is 0.456 e. The van der Waals surface area contributed by atoms with E-state index < -0.39 is 0 Å². The summed E-state index contributed by atoms with van der Waals surface area (Å²) in [4.78, 5) is 4.97. The Hall–Kier alpha value is -5.15. The van der Waals surface area contributed by atoms with E-state index in [1.165, 1.54) is 33.0 Å². The lowest BCUT2D eigenvalue weighted by atomic mass is 9.90. The molecule has 0 radical (unpaired) electrons. The van der Waals surface area contributed by atoms with Gasteiger partial charge in [-0.2, -0.15) is 0 Å². The fourth-order valence-electron chi connectivity index (χ4n) is 5.90. The first kappa shape index (κ1) is 21.9. The second kappa shape index (κ2) is 8.44. The minimum atomic E-state index is 0.912. The molecule has 0 unspecified atom stereocenters. The molecule has 1 aliphatic heterocycles. The number of benzene rings is 6. The monoisotopic (exact) mass is 500 g/mol. The molecule has 0 fully saturated rings. The molecule has 0 saturated heterocycles. The molecule has 184 valence electrons. The van der Waals surface area contributed by atoms with Crippen molar-refractivity contribution in [2.75, 3.05) is 0 Å². The van der Waals surface area contributed by atoms with Crippen molar-refractivity contribution in [1.29, 1.82) is 0 Å². The molecule has 8 rings (SSSR count). The van der Waals surface area contributed by atoms with Gasteiger partial charge < -0.3 is 9.30 Å². The highest BCUT2D eigenvalue weighted by Crippen LogP contribution is 2.48. The number of para-hydroxylation sites is 1. The van der Waals surface area contributed by atoms with Crippen LogP contribution >= 0.6 is 0 Å². The van der Waals surface area contributed by atoms with Gasteiger partial charge in [-0.15, -0.1) is 0 Å². The van der Waals surface area contributed by atoms with Crippen molar-refractivity contribution >= 4 is 21.8 Å². The van der Waals surface area contributed by atoms with Crippen molar-refractivity contribution in [3.05, 3.63) is 127 Å². The second-order valence-corrected chi connectivity index (χ2v) is 10.1. The Balaban J connectivity index is 1.19. The standard InChI is InChI=1S/C36H24N2O/c1-38-32-20-18-26(22-31(32)37-36(38)25-8-3-2-4-9-25)23-14-16-24(17-15-23)27-19-21-34-35-29(27)11-7-12-30(35)28-10-5-6-13-33(28)39-34/h2-22H,1H3. The van der Waals surface area contributed by atoms with E-state index in [9.17, 15) is 0 Å². The zero-order valence-electron chi connectivity index (χ0n) is 21.4. The molecule has 0 N–H and O–H groups in total. The number of hydrogen-bond donors (Lipinski definition) is 0. The SMILES string of the molecule is Cn1c(-c2ccccc2)nc2cc(-c3ccc(-c4ccc5c6c(cccc46)-c4ccccc4O5)cc3)ccc21. The number of hydrogen-bond acceptors (Lipinski definition) is 2. The summed E-state index contributed by atoms with van der Waals surface area (Å²) in [6, 6.07) is 44.8. The van der Waals surface area contributed by atoms with Crippen LogP contribution in [0, 0.1) is 0 Å². The summed E-state index contributed by atoms with van der Waals surface area (Å²) in [5.41, 5.74) is 10.3. The highest BCUT2D eigenvalue weighted by molar-refractivity contribution is 6.09. The van der Waals surface area contributed by atoms with Crippen LogP contribution in [-0.4, -0.2) is 9.55 Å². The average molecular weight is 501 g/mol. The number of fused-ring (bicyclic) bond motifs is 3. The Morgan fingerprint density at radius 3 is 2.15 bits per heavy atom. The Morgan fingerprint density at radius 2 is 1.28 bits per heavy atom. The molecular formula is C36H24N2O. The van der Waals surface area contributed by atoms with E-state index in [4.69, 9.17) is 9.72 Å². The third-order valence-electron chi connectivity index (χ3n) is 7.84. The Labute approximate surface area is 226 Å². The number of imidazole rings is 1. The van der Waals surface area contributed by atoms with Crippen LogP contribution in [0.2, 0.25) is 0 Å². The van der Waals surface area contributed by atoms with Crippen LogP contribution in [0.25, 0.3) is 66.6 Å². The average Bonchev–Trinajstić information content (AvgIpc) is 3.33. The van der Waals surface area contributed by atoms with Crippen LogP contribution < -0.4 is 4.74 Å². The van der Waals surface area contributed by atoms with Crippen molar-refractivity contribution in [1.82, 2.24) is 9.55 Å². The van der Waals surface area contributed by atoms with Crippen molar-refractivity contribution in [2.45, 2.75) is 0 Å². The molecule has 2 heterocycles. The zero-order chi connectivity index (χ0) is 25.9. The maximum absolute atomic E-state index is 6.28. The Morgan fingerprint density at radius 1 is 0.538 bits per heavy atom. The molecule has 0 amide bonds. The van der Waals surface area contributed by atoms with Gasteiger partial charge in [-0.25, -0.2) is 4.98 Å².